The zero-order valence-electron chi connectivity index (χ0n) is 9.41. The highest BCUT2D eigenvalue weighted by Crippen LogP contribution is 2.18. The molecule has 0 saturated carbocycles. The Bertz CT molecular complexity index is 645. The molecule has 96 valence electrons. The third kappa shape index (κ3) is 3.26. The number of carboxylic acid groups (broad SMARTS) is 1. The van der Waals surface area contributed by atoms with E-state index in [-0.39, 0.29) is 11.4 Å². The van der Waals surface area contributed by atoms with E-state index in [9.17, 15) is 9.59 Å². The van der Waals surface area contributed by atoms with Crippen molar-refractivity contribution < 1.29 is 19.4 Å². The van der Waals surface area contributed by atoms with Crippen LogP contribution >= 0.6 is 11.6 Å². The number of hydrogen-bond acceptors (Lipinski definition) is 5. The fraction of sp³-hybridized carbons (Fsp3) is 0. The van der Waals surface area contributed by atoms with Crippen molar-refractivity contribution in [3.05, 3.63) is 53.1 Å². The average molecular weight is 279 g/mol. The van der Waals surface area contributed by atoms with Gasteiger partial charge in [0.05, 0.1) is 0 Å². The number of carbonyl (C=O) groups is 2. The smallest absolute Gasteiger partial charge is 0.373 e. The molecule has 19 heavy (non-hydrogen) atoms. The number of ether oxygens (including phenoxy) is 1. The molecule has 0 amide bonds. The van der Waals surface area contributed by atoms with Gasteiger partial charge in [0.2, 0.25) is 5.82 Å². The summed E-state index contributed by atoms with van der Waals surface area (Å²) in [6.45, 7) is 0. The summed E-state index contributed by atoms with van der Waals surface area (Å²) in [4.78, 5) is 29.5. The molecule has 6 nitrogen and oxygen atoms in total. The van der Waals surface area contributed by atoms with E-state index in [0.29, 0.717) is 5.02 Å². The Kier molecular flexibility index (Phi) is 3.72. The van der Waals surface area contributed by atoms with Crippen LogP contribution in [0, 0.1) is 0 Å². The lowest BCUT2D eigenvalue weighted by molar-refractivity contribution is 0.0682. The number of hydrogen-bond donors (Lipinski definition) is 1. The minimum absolute atomic E-state index is 0.146. The van der Waals surface area contributed by atoms with Gasteiger partial charge in [-0.25, -0.2) is 19.6 Å². The third-order valence-corrected chi connectivity index (χ3v) is 2.30. The molecule has 0 bridgehead atoms. The lowest BCUT2D eigenvalue weighted by atomic mass is 10.3. The molecule has 0 radical (unpaired) electrons. The van der Waals surface area contributed by atoms with Gasteiger partial charge in [-0.2, -0.15) is 0 Å². The van der Waals surface area contributed by atoms with E-state index < -0.39 is 17.8 Å². The van der Waals surface area contributed by atoms with Crippen LogP contribution in [0.25, 0.3) is 0 Å². The summed E-state index contributed by atoms with van der Waals surface area (Å²) in [5.74, 6) is -2.34. The van der Waals surface area contributed by atoms with Crippen LogP contribution in [0.2, 0.25) is 5.02 Å². The van der Waals surface area contributed by atoms with E-state index in [2.05, 4.69) is 9.97 Å². The largest absolute Gasteiger partial charge is 0.475 e. The zero-order valence-corrected chi connectivity index (χ0v) is 10.2. The number of carbonyl (C=O) groups excluding carboxylic acids is 1. The summed E-state index contributed by atoms with van der Waals surface area (Å²) >= 11 is 5.75. The Balaban J connectivity index is 2.20. The van der Waals surface area contributed by atoms with Gasteiger partial charge in [0.25, 0.3) is 0 Å². The first kappa shape index (κ1) is 13.0. The summed E-state index contributed by atoms with van der Waals surface area (Å²) in [6.07, 6.45) is 1.17. The van der Waals surface area contributed by atoms with Crippen LogP contribution in [-0.4, -0.2) is 27.0 Å². The topological polar surface area (TPSA) is 89.4 Å². The lowest BCUT2D eigenvalue weighted by Gasteiger charge is -2.04. The number of benzene rings is 1. The van der Waals surface area contributed by atoms with Crippen LogP contribution in [0.3, 0.4) is 0 Å². The molecule has 1 N–H and O–H groups in total. The highest BCUT2D eigenvalue weighted by molar-refractivity contribution is 6.30. The number of rotatable bonds is 3. The van der Waals surface area contributed by atoms with Crippen molar-refractivity contribution in [3.63, 3.8) is 0 Å². The number of halogens is 1. The van der Waals surface area contributed by atoms with Gasteiger partial charge in [-0.3, -0.25) is 0 Å². The Morgan fingerprint density at radius 2 is 2.05 bits per heavy atom. The fourth-order valence-corrected chi connectivity index (χ4v) is 1.45. The number of esters is 1. The predicted octanol–water partition coefficient (Wildman–Crippen LogP) is 2.05. The number of aromatic carboxylic acids is 1. The minimum Gasteiger partial charge on any atom is -0.475 e. The molecule has 1 aromatic carbocycles. The molecule has 0 saturated heterocycles. The van der Waals surface area contributed by atoms with Crippen molar-refractivity contribution in [2.24, 2.45) is 0 Å². The molecular formula is C12H7ClN2O4. The van der Waals surface area contributed by atoms with E-state index in [1.54, 1.807) is 18.2 Å². The molecule has 2 rings (SSSR count). The average Bonchev–Trinajstić information content (AvgIpc) is 2.39. The highest BCUT2D eigenvalue weighted by Gasteiger charge is 2.14. The second-order valence-electron chi connectivity index (χ2n) is 3.42. The maximum atomic E-state index is 11.8. The number of aromatic nitrogens is 2. The van der Waals surface area contributed by atoms with Gasteiger partial charge in [0, 0.05) is 11.2 Å². The third-order valence-electron chi connectivity index (χ3n) is 2.06. The molecule has 7 heteroatoms. The van der Waals surface area contributed by atoms with E-state index in [1.807, 2.05) is 0 Å². The molecule has 1 heterocycles. The van der Waals surface area contributed by atoms with E-state index >= 15 is 0 Å². The highest BCUT2D eigenvalue weighted by atomic mass is 35.5. The van der Waals surface area contributed by atoms with Crippen molar-refractivity contribution in [3.8, 4) is 5.75 Å². The molecule has 2 aromatic rings. The van der Waals surface area contributed by atoms with E-state index in [1.165, 1.54) is 18.3 Å². The van der Waals surface area contributed by atoms with Gasteiger partial charge in [-0.15, -0.1) is 0 Å². The fourth-order valence-electron chi connectivity index (χ4n) is 1.27. The molecule has 1 aromatic heterocycles. The van der Waals surface area contributed by atoms with Crippen LogP contribution in [0.4, 0.5) is 0 Å². The SMILES string of the molecule is O=C(Oc1cccc(Cl)c1)c1ccnc(C(=O)O)n1. The minimum atomic E-state index is -1.32. The van der Waals surface area contributed by atoms with Crippen LogP contribution in [0.1, 0.15) is 21.1 Å². The molecular weight excluding hydrogens is 272 g/mol. The van der Waals surface area contributed by atoms with Crippen molar-refractivity contribution in [2.45, 2.75) is 0 Å². The van der Waals surface area contributed by atoms with E-state index in [0.717, 1.165) is 0 Å². The Hall–Kier alpha value is -2.47. The van der Waals surface area contributed by atoms with Crippen molar-refractivity contribution in [1.29, 1.82) is 0 Å². The maximum absolute atomic E-state index is 11.8. The number of nitrogens with zero attached hydrogens (tertiary/aromatic N) is 2. The van der Waals surface area contributed by atoms with Crippen LogP contribution in [0.15, 0.2) is 36.5 Å². The number of carboxylic acids is 1. The second kappa shape index (κ2) is 5.45. The first-order valence-corrected chi connectivity index (χ1v) is 5.48. The molecule has 0 aliphatic heterocycles. The summed E-state index contributed by atoms with van der Waals surface area (Å²) < 4.78 is 5.01. The molecule has 0 aliphatic carbocycles. The molecule has 0 atom stereocenters. The van der Waals surface area contributed by atoms with E-state index in [4.69, 9.17) is 21.4 Å². The van der Waals surface area contributed by atoms with Gasteiger partial charge in [0.1, 0.15) is 5.75 Å². The Labute approximate surface area is 112 Å². The lowest BCUT2D eigenvalue weighted by Crippen LogP contribution is -2.14. The van der Waals surface area contributed by atoms with Crippen LogP contribution < -0.4 is 4.74 Å². The van der Waals surface area contributed by atoms with Gasteiger partial charge in [-0.05, 0) is 24.3 Å². The predicted molar refractivity (Wildman–Crippen MR) is 65.4 cm³/mol. The molecule has 0 spiro atoms. The summed E-state index contributed by atoms with van der Waals surface area (Å²) in [5.41, 5.74) is -0.146. The van der Waals surface area contributed by atoms with Crippen molar-refractivity contribution in [2.75, 3.05) is 0 Å². The summed E-state index contributed by atoms with van der Waals surface area (Å²) in [5, 5.41) is 9.14. The molecule has 0 fully saturated rings. The maximum Gasteiger partial charge on any atom is 0.373 e. The van der Waals surface area contributed by atoms with Crippen LogP contribution in [0.5, 0.6) is 5.75 Å². The standard InChI is InChI=1S/C12H7ClN2O4/c13-7-2-1-3-8(6-7)19-12(18)9-4-5-14-10(15-9)11(16)17/h1-6H,(H,16,17). The quantitative estimate of drug-likeness (QED) is 0.683. The van der Waals surface area contributed by atoms with Crippen molar-refractivity contribution in [1.82, 2.24) is 9.97 Å². The molecule has 0 aliphatic rings. The Morgan fingerprint density at radius 3 is 2.74 bits per heavy atom. The second-order valence-corrected chi connectivity index (χ2v) is 3.85. The van der Waals surface area contributed by atoms with Gasteiger partial charge >= 0.3 is 11.9 Å². The van der Waals surface area contributed by atoms with Gasteiger partial charge in [-0.1, -0.05) is 17.7 Å². The normalized spacial score (nSPS) is 9.95. The van der Waals surface area contributed by atoms with Crippen molar-refractivity contribution >= 4 is 23.5 Å². The zero-order chi connectivity index (χ0) is 13.8. The first-order valence-electron chi connectivity index (χ1n) is 5.10. The monoisotopic (exact) mass is 278 g/mol. The summed E-state index contributed by atoms with van der Waals surface area (Å²) in [7, 11) is 0. The van der Waals surface area contributed by atoms with Gasteiger partial charge < -0.3 is 9.84 Å². The van der Waals surface area contributed by atoms with Crippen LogP contribution in [-0.2, 0) is 0 Å². The Morgan fingerprint density at radius 1 is 1.26 bits per heavy atom. The van der Waals surface area contributed by atoms with Gasteiger partial charge in [0.15, 0.2) is 5.69 Å². The first-order chi connectivity index (χ1) is 9.06. The molecule has 0 unspecified atom stereocenters. The summed E-state index contributed by atoms with van der Waals surface area (Å²) in [6, 6.07) is 7.51.